The van der Waals surface area contributed by atoms with Crippen LogP contribution in [0.1, 0.15) is 36.0 Å². The van der Waals surface area contributed by atoms with E-state index in [1.54, 1.807) is 48.5 Å². The first kappa shape index (κ1) is 23.4. The molecule has 1 amide bonds. The van der Waals surface area contributed by atoms with E-state index in [4.69, 9.17) is 18.6 Å². The minimum atomic E-state index is -0.807. The molecule has 34 heavy (non-hydrogen) atoms. The van der Waals surface area contributed by atoms with Crippen LogP contribution in [0.25, 0.3) is 11.0 Å². The Morgan fingerprint density at radius 2 is 1.88 bits per heavy atom. The Bertz CT molecular complexity index is 1240. The molecule has 8 heteroatoms. The summed E-state index contributed by atoms with van der Waals surface area (Å²) in [5.74, 6) is -0.653. The number of para-hydroxylation sites is 1. The predicted octanol–water partition coefficient (Wildman–Crippen LogP) is 4.45. The first-order valence-electron chi connectivity index (χ1n) is 11.0. The lowest BCUT2D eigenvalue weighted by Gasteiger charge is -2.26. The molecule has 2 heterocycles. The van der Waals surface area contributed by atoms with Gasteiger partial charge in [-0.2, -0.15) is 0 Å². The summed E-state index contributed by atoms with van der Waals surface area (Å²) in [6, 6.07) is 13.2. The zero-order valence-corrected chi connectivity index (χ0v) is 19.5. The van der Waals surface area contributed by atoms with Crippen molar-refractivity contribution < 1.29 is 33.3 Å². The average Bonchev–Trinajstić information content (AvgIpc) is 3.37. The van der Waals surface area contributed by atoms with Crippen molar-refractivity contribution in [2.24, 2.45) is 0 Å². The quantitative estimate of drug-likeness (QED) is 0.466. The largest absolute Gasteiger partial charge is 0.503 e. The Morgan fingerprint density at radius 1 is 1.15 bits per heavy atom. The lowest BCUT2D eigenvalue weighted by atomic mass is 9.95. The predicted molar refractivity (Wildman–Crippen MR) is 125 cm³/mol. The number of methoxy groups -OCH3 is 2. The van der Waals surface area contributed by atoms with E-state index in [-0.39, 0.29) is 30.6 Å². The van der Waals surface area contributed by atoms with Crippen molar-refractivity contribution >= 4 is 22.7 Å². The second kappa shape index (κ2) is 9.61. The Balaban J connectivity index is 1.76. The molecule has 1 atom stereocenters. The Morgan fingerprint density at radius 3 is 2.53 bits per heavy atom. The second-order valence-corrected chi connectivity index (χ2v) is 8.21. The number of furan rings is 1. The molecule has 1 aliphatic rings. The van der Waals surface area contributed by atoms with Gasteiger partial charge in [0.05, 0.1) is 31.4 Å². The van der Waals surface area contributed by atoms with Gasteiger partial charge in [0, 0.05) is 19.0 Å². The van der Waals surface area contributed by atoms with Crippen molar-refractivity contribution in [2.75, 3.05) is 27.4 Å². The van der Waals surface area contributed by atoms with Gasteiger partial charge in [-0.1, -0.05) is 24.3 Å². The van der Waals surface area contributed by atoms with Crippen LogP contribution in [0.3, 0.4) is 0 Å². The molecule has 0 saturated carbocycles. The normalized spacial score (nSPS) is 16.1. The molecule has 0 saturated heterocycles. The molecule has 0 fully saturated rings. The maximum atomic E-state index is 13.6. The topological polar surface area (TPSA) is 98.4 Å². The number of aliphatic hydroxyl groups is 1. The maximum Gasteiger partial charge on any atom is 0.290 e. The molecule has 8 nitrogen and oxygen atoms in total. The van der Waals surface area contributed by atoms with Crippen LogP contribution in [-0.4, -0.2) is 55.2 Å². The summed E-state index contributed by atoms with van der Waals surface area (Å²) in [5, 5.41) is 11.5. The number of fused-ring (bicyclic) bond motifs is 1. The molecule has 1 N–H and O–H groups in total. The number of carbonyl (C=O) groups is 2. The molecule has 4 rings (SSSR count). The van der Waals surface area contributed by atoms with Crippen LogP contribution in [0.15, 0.2) is 64.3 Å². The number of carbonyl (C=O) groups excluding carboxylic acids is 2. The fourth-order valence-corrected chi connectivity index (χ4v) is 4.09. The highest BCUT2D eigenvalue weighted by atomic mass is 16.5. The molecular formula is C26H27NO7. The minimum Gasteiger partial charge on any atom is -0.503 e. The molecule has 0 bridgehead atoms. The summed E-state index contributed by atoms with van der Waals surface area (Å²) in [5.41, 5.74) is 1.03. The lowest BCUT2D eigenvalue weighted by molar-refractivity contribution is -0.130. The molecule has 2 aromatic carbocycles. The summed E-state index contributed by atoms with van der Waals surface area (Å²) < 4.78 is 22.0. The highest BCUT2D eigenvalue weighted by Crippen LogP contribution is 2.40. The van der Waals surface area contributed by atoms with E-state index in [0.717, 1.165) is 0 Å². The van der Waals surface area contributed by atoms with Gasteiger partial charge >= 0.3 is 0 Å². The van der Waals surface area contributed by atoms with Gasteiger partial charge in [-0.15, -0.1) is 0 Å². The minimum absolute atomic E-state index is 0.00302. The van der Waals surface area contributed by atoms with Crippen LogP contribution in [0.2, 0.25) is 0 Å². The Labute approximate surface area is 197 Å². The van der Waals surface area contributed by atoms with Crippen molar-refractivity contribution in [3.05, 3.63) is 71.2 Å². The summed E-state index contributed by atoms with van der Waals surface area (Å²) in [4.78, 5) is 28.0. The molecular weight excluding hydrogens is 438 g/mol. The summed E-state index contributed by atoms with van der Waals surface area (Å²) >= 11 is 0. The van der Waals surface area contributed by atoms with E-state index >= 15 is 0 Å². The maximum absolute atomic E-state index is 13.6. The fourth-order valence-electron chi connectivity index (χ4n) is 4.09. The van der Waals surface area contributed by atoms with Gasteiger partial charge in [0.15, 0.2) is 22.9 Å². The van der Waals surface area contributed by atoms with Gasteiger partial charge in [0.2, 0.25) is 5.78 Å². The number of nitrogens with zero attached hydrogens (tertiary/aromatic N) is 1. The molecule has 0 radical (unpaired) electrons. The van der Waals surface area contributed by atoms with Crippen molar-refractivity contribution in [1.29, 1.82) is 0 Å². The molecule has 0 spiro atoms. The van der Waals surface area contributed by atoms with Crippen LogP contribution in [-0.2, 0) is 9.53 Å². The van der Waals surface area contributed by atoms with Crippen LogP contribution >= 0.6 is 0 Å². The van der Waals surface area contributed by atoms with Gasteiger partial charge in [0.1, 0.15) is 5.75 Å². The van der Waals surface area contributed by atoms with Crippen molar-refractivity contribution in [2.45, 2.75) is 26.0 Å². The van der Waals surface area contributed by atoms with Crippen LogP contribution < -0.4 is 9.47 Å². The molecule has 178 valence electrons. The Kier molecular flexibility index (Phi) is 6.61. The third-order valence-corrected chi connectivity index (χ3v) is 5.60. The highest BCUT2D eigenvalue weighted by molar-refractivity contribution is 6.16. The monoisotopic (exact) mass is 465 g/mol. The van der Waals surface area contributed by atoms with Crippen LogP contribution in [0.5, 0.6) is 11.5 Å². The smallest absolute Gasteiger partial charge is 0.290 e. The molecule has 3 aromatic rings. The summed E-state index contributed by atoms with van der Waals surface area (Å²) in [6.45, 7) is 4.29. The van der Waals surface area contributed by atoms with E-state index in [9.17, 15) is 14.7 Å². The van der Waals surface area contributed by atoms with E-state index in [2.05, 4.69) is 0 Å². The van der Waals surface area contributed by atoms with E-state index in [1.807, 2.05) is 13.8 Å². The number of rotatable bonds is 9. The number of benzene rings is 2. The number of ketones is 1. The fraction of sp³-hybridized carbons (Fsp3) is 0.308. The number of aliphatic hydroxyl groups excluding tert-OH is 1. The van der Waals surface area contributed by atoms with E-state index < -0.39 is 23.5 Å². The Hall–Kier alpha value is -3.78. The molecule has 1 unspecified atom stereocenters. The van der Waals surface area contributed by atoms with E-state index in [1.165, 1.54) is 19.1 Å². The van der Waals surface area contributed by atoms with Crippen LogP contribution in [0.4, 0.5) is 0 Å². The molecule has 1 aliphatic heterocycles. The number of ether oxygens (including phenoxy) is 3. The number of amides is 1. The molecule has 1 aromatic heterocycles. The highest BCUT2D eigenvalue weighted by Gasteiger charge is 2.44. The van der Waals surface area contributed by atoms with Gasteiger partial charge in [-0.05, 0) is 43.7 Å². The first-order chi connectivity index (χ1) is 16.3. The van der Waals surface area contributed by atoms with E-state index in [0.29, 0.717) is 28.0 Å². The van der Waals surface area contributed by atoms with Gasteiger partial charge in [0.25, 0.3) is 5.91 Å². The van der Waals surface area contributed by atoms with Crippen LogP contribution in [0, 0.1) is 0 Å². The average molecular weight is 466 g/mol. The zero-order valence-electron chi connectivity index (χ0n) is 19.5. The number of Topliss-reactive ketones (excluding diaryl/α,β-unsaturated/α-hetero) is 1. The summed E-state index contributed by atoms with van der Waals surface area (Å²) in [6.07, 6.45) is 0.00302. The first-order valence-corrected chi connectivity index (χ1v) is 11.0. The van der Waals surface area contributed by atoms with Crippen molar-refractivity contribution in [3.8, 4) is 11.5 Å². The third-order valence-electron chi connectivity index (χ3n) is 5.60. The summed E-state index contributed by atoms with van der Waals surface area (Å²) in [7, 11) is 3.04. The standard InChI is InChI=1S/C26H27NO7/c1-15(2)33-18-10-8-16(9-11-18)22-21(24(29)26(30)27(22)12-13-31-3)23(28)20-14-17-6-5-7-19(32-4)25(17)34-20/h5-11,14-15,22,29H,12-13H2,1-4H3. The van der Waals surface area contributed by atoms with Gasteiger partial charge in [-0.25, -0.2) is 0 Å². The van der Waals surface area contributed by atoms with Gasteiger partial charge < -0.3 is 28.6 Å². The van der Waals surface area contributed by atoms with Crippen molar-refractivity contribution in [1.82, 2.24) is 4.90 Å². The molecule has 0 aliphatic carbocycles. The lowest BCUT2D eigenvalue weighted by Crippen LogP contribution is -2.34. The number of hydrogen-bond donors (Lipinski definition) is 1. The third kappa shape index (κ3) is 4.24. The van der Waals surface area contributed by atoms with Crippen molar-refractivity contribution in [3.63, 3.8) is 0 Å². The zero-order chi connectivity index (χ0) is 24.4. The second-order valence-electron chi connectivity index (χ2n) is 8.21. The number of hydrogen-bond acceptors (Lipinski definition) is 7. The SMILES string of the molecule is COCCN1C(=O)C(O)=C(C(=O)c2cc3cccc(OC)c3o2)C1c1ccc(OC(C)C)cc1. The van der Waals surface area contributed by atoms with Gasteiger partial charge in [-0.3, -0.25) is 9.59 Å².